The molecule has 0 aromatic carbocycles. The van der Waals surface area contributed by atoms with Crippen LogP contribution in [0, 0.1) is 0 Å². The third kappa shape index (κ3) is 47.3. The smallest absolute Gasteiger partial charge is 0.306 e. The van der Waals surface area contributed by atoms with Gasteiger partial charge in [-0.1, -0.05) is 245 Å². The molecule has 0 N–H and O–H groups in total. The first-order valence-electron chi connectivity index (χ1n) is 26.2. The topological polar surface area (TPSA) is 61.8 Å². The number of ether oxygens (including phenoxy) is 3. The van der Waals surface area contributed by atoms with Crippen LogP contribution >= 0.6 is 0 Å². The van der Waals surface area contributed by atoms with Gasteiger partial charge in [-0.25, -0.2) is 0 Å². The number of esters is 2. The van der Waals surface area contributed by atoms with Crippen molar-refractivity contribution in [3.05, 3.63) is 12.2 Å². The molecule has 0 saturated heterocycles. The molecule has 5 nitrogen and oxygen atoms in total. The second-order valence-corrected chi connectivity index (χ2v) is 17.8. The van der Waals surface area contributed by atoms with Crippen molar-refractivity contribution in [2.75, 3.05) is 19.8 Å². The average Bonchev–Trinajstić information content (AvgIpc) is 3.22. The van der Waals surface area contributed by atoms with E-state index in [-0.39, 0.29) is 18.5 Å². The molecule has 1 atom stereocenters. The lowest BCUT2D eigenvalue weighted by molar-refractivity contribution is -0.163. The average molecular weight is 819 g/mol. The van der Waals surface area contributed by atoms with Crippen molar-refractivity contribution in [1.29, 1.82) is 0 Å². The lowest BCUT2D eigenvalue weighted by Crippen LogP contribution is -2.30. The molecule has 0 aliphatic rings. The Morgan fingerprint density at radius 3 is 1.05 bits per heavy atom. The summed E-state index contributed by atoms with van der Waals surface area (Å²) in [5, 5.41) is 0. The Labute approximate surface area is 363 Å². The maximum atomic E-state index is 12.7. The van der Waals surface area contributed by atoms with E-state index in [1.807, 2.05) is 0 Å². The van der Waals surface area contributed by atoms with Crippen LogP contribution in [0.4, 0.5) is 0 Å². The van der Waals surface area contributed by atoms with Gasteiger partial charge < -0.3 is 14.2 Å². The molecule has 0 radical (unpaired) electrons. The summed E-state index contributed by atoms with van der Waals surface area (Å²) in [6, 6.07) is 0. The summed E-state index contributed by atoms with van der Waals surface area (Å²) >= 11 is 0. The van der Waals surface area contributed by atoms with Gasteiger partial charge in [-0.05, 0) is 44.9 Å². The maximum absolute atomic E-state index is 12.7. The summed E-state index contributed by atoms with van der Waals surface area (Å²) in [5.41, 5.74) is 0. The maximum Gasteiger partial charge on any atom is 0.306 e. The van der Waals surface area contributed by atoms with E-state index in [4.69, 9.17) is 14.2 Å². The molecular formula is C53H102O5. The van der Waals surface area contributed by atoms with Gasteiger partial charge in [-0.15, -0.1) is 0 Å². The molecule has 1 unspecified atom stereocenters. The molecule has 0 spiro atoms. The number of allylic oxidation sites excluding steroid dienone is 2. The zero-order chi connectivity index (χ0) is 42.1. The second-order valence-electron chi connectivity index (χ2n) is 17.8. The highest BCUT2D eigenvalue weighted by molar-refractivity contribution is 5.70. The highest BCUT2D eigenvalue weighted by Gasteiger charge is 2.17. The zero-order valence-corrected chi connectivity index (χ0v) is 39.6. The fourth-order valence-electron chi connectivity index (χ4n) is 7.86. The zero-order valence-electron chi connectivity index (χ0n) is 39.6. The molecule has 0 aliphatic heterocycles. The summed E-state index contributed by atoms with van der Waals surface area (Å²) in [6.07, 6.45) is 56.6. The van der Waals surface area contributed by atoms with Crippen LogP contribution in [0.5, 0.6) is 0 Å². The van der Waals surface area contributed by atoms with Gasteiger partial charge in [-0.2, -0.15) is 0 Å². The quantitative estimate of drug-likeness (QED) is 0.0348. The van der Waals surface area contributed by atoms with E-state index >= 15 is 0 Å². The normalized spacial score (nSPS) is 12.1. The molecule has 0 aromatic heterocycles. The van der Waals surface area contributed by atoms with Crippen LogP contribution in [0.25, 0.3) is 0 Å². The molecule has 0 amide bonds. The summed E-state index contributed by atoms with van der Waals surface area (Å²) in [5.74, 6) is -0.382. The van der Waals surface area contributed by atoms with Crippen molar-refractivity contribution in [3.63, 3.8) is 0 Å². The Morgan fingerprint density at radius 2 is 0.672 bits per heavy atom. The summed E-state index contributed by atoms with van der Waals surface area (Å²) in [7, 11) is 0. The van der Waals surface area contributed by atoms with Crippen LogP contribution in [-0.4, -0.2) is 37.9 Å². The standard InChI is InChI=1S/C53H102O5/c1-4-7-10-13-16-18-20-22-24-26-27-29-30-32-34-36-38-40-43-46-52(54)57-50-51(49-56-48-45-42-15-12-9-6-3)58-53(55)47-44-41-39-37-35-33-31-28-25-23-21-19-17-14-11-8-5-2/h22,24,51H,4-21,23,25-50H2,1-3H3/b24-22-. The van der Waals surface area contributed by atoms with Gasteiger partial charge in [0, 0.05) is 19.4 Å². The van der Waals surface area contributed by atoms with Gasteiger partial charge in [-0.3, -0.25) is 9.59 Å². The number of hydrogen-bond acceptors (Lipinski definition) is 5. The predicted octanol–water partition coefficient (Wildman–Crippen LogP) is 17.5. The van der Waals surface area contributed by atoms with Crippen LogP contribution in [0.1, 0.15) is 290 Å². The summed E-state index contributed by atoms with van der Waals surface area (Å²) in [6.45, 7) is 7.85. The van der Waals surface area contributed by atoms with Crippen LogP contribution in [0.2, 0.25) is 0 Å². The van der Waals surface area contributed by atoms with E-state index in [2.05, 4.69) is 32.9 Å². The molecular weight excluding hydrogens is 717 g/mol. The predicted molar refractivity (Wildman–Crippen MR) is 252 cm³/mol. The monoisotopic (exact) mass is 819 g/mol. The Kier molecular flexibility index (Phi) is 48.8. The van der Waals surface area contributed by atoms with E-state index in [0.717, 1.165) is 38.5 Å². The van der Waals surface area contributed by atoms with Crippen molar-refractivity contribution in [2.45, 2.75) is 297 Å². The minimum absolute atomic E-state index is 0.0923. The van der Waals surface area contributed by atoms with Crippen molar-refractivity contribution >= 4 is 11.9 Å². The Bertz CT molecular complexity index is 840. The van der Waals surface area contributed by atoms with Crippen LogP contribution in [-0.2, 0) is 23.8 Å². The molecule has 0 bridgehead atoms. The van der Waals surface area contributed by atoms with Crippen LogP contribution in [0.15, 0.2) is 12.2 Å². The lowest BCUT2D eigenvalue weighted by Gasteiger charge is -2.18. The van der Waals surface area contributed by atoms with Gasteiger partial charge in [0.15, 0.2) is 6.10 Å². The largest absolute Gasteiger partial charge is 0.462 e. The van der Waals surface area contributed by atoms with Crippen molar-refractivity contribution in [1.82, 2.24) is 0 Å². The van der Waals surface area contributed by atoms with Crippen LogP contribution < -0.4 is 0 Å². The number of hydrogen-bond donors (Lipinski definition) is 0. The molecule has 58 heavy (non-hydrogen) atoms. The highest BCUT2D eigenvalue weighted by Crippen LogP contribution is 2.16. The fraction of sp³-hybridized carbons (Fsp3) is 0.925. The van der Waals surface area contributed by atoms with Gasteiger partial charge in [0.2, 0.25) is 0 Å². The van der Waals surface area contributed by atoms with E-state index in [1.165, 1.54) is 218 Å². The summed E-state index contributed by atoms with van der Waals surface area (Å²) < 4.78 is 17.3. The van der Waals surface area contributed by atoms with E-state index in [0.29, 0.717) is 26.1 Å². The molecule has 0 saturated carbocycles. The first-order chi connectivity index (χ1) is 28.6. The van der Waals surface area contributed by atoms with E-state index in [1.54, 1.807) is 0 Å². The van der Waals surface area contributed by atoms with Crippen LogP contribution in [0.3, 0.4) is 0 Å². The first-order valence-corrected chi connectivity index (χ1v) is 26.2. The Hall–Kier alpha value is -1.36. The highest BCUT2D eigenvalue weighted by atomic mass is 16.6. The second kappa shape index (κ2) is 50.0. The van der Waals surface area contributed by atoms with Crippen molar-refractivity contribution in [2.24, 2.45) is 0 Å². The van der Waals surface area contributed by atoms with Gasteiger partial charge in [0.05, 0.1) is 6.61 Å². The number of carbonyl (C=O) groups excluding carboxylic acids is 2. The number of carbonyl (C=O) groups is 2. The van der Waals surface area contributed by atoms with Crippen molar-refractivity contribution < 1.29 is 23.8 Å². The Balaban J connectivity index is 4.00. The molecule has 0 aromatic rings. The number of unbranched alkanes of at least 4 members (excludes halogenated alkanes) is 36. The Morgan fingerprint density at radius 1 is 0.362 bits per heavy atom. The molecule has 0 aliphatic carbocycles. The minimum Gasteiger partial charge on any atom is -0.462 e. The van der Waals surface area contributed by atoms with Gasteiger partial charge in [0.1, 0.15) is 6.61 Å². The van der Waals surface area contributed by atoms with Crippen molar-refractivity contribution in [3.8, 4) is 0 Å². The van der Waals surface area contributed by atoms with E-state index < -0.39 is 6.10 Å². The fourth-order valence-corrected chi connectivity index (χ4v) is 7.86. The molecule has 344 valence electrons. The molecule has 0 fully saturated rings. The molecule has 5 heteroatoms. The SMILES string of the molecule is CCCCCCCC/C=C\CCCCCCCCCCCC(=O)OCC(COCCCCCCCC)OC(=O)CCCCCCCCCCCCCCCCCCC. The van der Waals surface area contributed by atoms with E-state index in [9.17, 15) is 9.59 Å². The van der Waals surface area contributed by atoms with Gasteiger partial charge >= 0.3 is 11.9 Å². The lowest BCUT2D eigenvalue weighted by atomic mass is 10.0. The minimum atomic E-state index is -0.525. The molecule has 0 heterocycles. The summed E-state index contributed by atoms with van der Waals surface area (Å²) in [4.78, 5) is 25.3. The number of rotatable bonds is 49. The van der Waals surface area contributed by atoms with Gasteiger partial charge in [0.25, 0.3) is 0 Å². The first kappa shape index (κ1) is 56.6. The third-order valence-corrected chi connectivity index (χ3v) is 11.8. The third-order valence-electron chi connectivity index (χ3n) is 11.8. The molecule has 0 rings (SSSR count).